The minimum absolute atomic E-state index is 0.0178. The van der Waals surface area contributed by atoms with Gasteiger partial charge in [0, 0.05) is 28.9 Å². The van der Waals surface area contributed by atoms with Gasteiger partial charge in [-0.15, -0.1) is 11.3 Å². The first-order valence-corrected chi connectivity index (χ1v) is 7.91. The lowest BCUT2D eigenvalue weighted by Crippen LogP contribution is -2.36. The highest BCUT2D eigenvalue weighted by Gasteiger charge is 2.21. The van der Waals surface area contributed by atoms with E-state index in [1.165, 1.54) is 17.0 Å². The van der Waals surface area contributed by atoms with Gasteiger partial charge in [-0.1, -0.05) is 22.0 Å². The second kappa shape index (κ2) is 6.50. The topological polar surface area (TPSA) is 20.3 Å². The Bertz CT molecular complexity index is 600. The third kappa shape index (κ3) is 3.46. The zero-order chi connectivity index (χ0) is 14.7. The summed E-state index contributed by atoms with van der Waals surface area (Å²) in [5.74, 6) is -0.793. The molecule has 2 rings (SSSR count). The van der Waals surface area contributed by atoms with Crippen LogP contribution in [0.2, 0.25) is 0 Å². The summed E-state index contributed by atoms with van der Waals surface area (Å²) in [6.07, 6.45) is 0.776. The monoisotopic (exact) mass is 355 g/mol. The largest absolute Gasteiger partial charge is 0.339 e. The summed E-state index contributed by atoms with van der Waals surface area (Å²) < 4.78 is 14.5. The van der Waals surface area contributed by atoms with E-state index in [0.717, 1.165) is 6.42 Å². The third-order valence-corrected chi connectivity index (χ3v) is 4.61. The molecule has 0 saturated carbocycles. The van der Waals surface area contributed by atoms with E-state index in [9.17, 15) is 9.18 Å². The molecular formula is C15H15BrFNOS. The summed E-state index contributed by atoms with van der Waals surface area (Å²) in [7, 11) is 1.71. The van der Waals surface area contributed by atoms with Gasteiger partial charge in [0.25, 0.3) is 5.91 Å². The van der Waals surface area contributed by atoms with Gasteiger partial charge in [0.1, 0.15) is 5.82 Å². The van der Waals surface area contributed by atoms with E-state index in [0.29, 0.717) is 4.47 Å². The first kappa shape index (κ1) is 15.2. The van der Waals surface area contributed by atoms with E-state index < -0.39 is 5.82 Å². The molecule has 0 spiro atoms. The Morgan fingerprint density at radius 3 is 2.80 bits per heavy atom. The van der Waals surface area contributed by atoms with E-state index in [-0.39, 0.29) is 17.5 Å². The molecule has 0 aliphatic carbocycles. The summed E-state index contributed by atoms with van der Waals surface area (Å²) in [6, 6.07) is 8.54. The van der Waals surface area contributed by atoms with Crippen LogP contribution in [0, 0.1) is 5.82 Å². The summed E-state index contributed by atoms with van der Waals surface area (Å²) in [4.78, 5) is 15.1. The Morgan fingerprint density at radius 1 is 1.45 bits per heavy atom. The summed E-state index contributed by atoms with van der Waals surface area (Å²) >= 11 is 4.85. The van der Waals surface area contributed by atoms with Crippen molar-refractivity contribution in [1.29, 1.82) is 0 Å². The van der Waals surface area contributed by atoms with Gasteiger partial charge in [0.2, 0.25) is 0 Å². The van der Waals surface area contributed by atoms with Gasteiger partial charge in [0.05, 0.1) is 5.56 Å². The van der Waals surface area contributed by atoms with Gasteiger partial charge < -0.3 is 4.90 Å². The average Bonchev–Trinajstić information content (AvgIpc) is 2.90. The van der Waals surface area contributed by atoms with E-state index in [2.05, 4.69) is 15.9 Å². The molecule has 5 heteroatoms. The Labute approximate surface area is 130 Å². The quantitative estimate of drug-likeness (QED) is 0.798. The maximum Gasteiger partial charge on any atom is 0.256 e. The minimum atomic E-state index is -0.500. The van der Waals surface area contributed by atoms with Crippen molar-refractivity contribution in [3.8, 4) is 0 Å². The van der Waals surface area contributed by atoms with E-state index >= 15 is 0 Å². The van der Waals surface area contributed by atoms with Crippen molar-refractivity contribution in [3.63, 3.8) is 0 Å². The highest BCUT2D eigenvalue weighted by atomic mass is 79.9. The molecule has 0 saturated heterocycles. The summed E-state index contributed by atoms with van der Waals surface area (Å²) in [5.41, 5.74) is 0.105. The van der Waals surface area contributed by atoms with Crippen molar-refractivity contribution >= 4 is 33.2 Å². The fraction of sp³-hybridized carbons (Fsp3) is 0.267. The van der Waals surface area contributed by atoms with Gasteiger partial charge in [-0.2, -0.15) is 0 Å². The zero-order valence-corrected chi connectivity index (χ0v) is 13.7. The standard InChI is InChI=1S/C15H15BrFNOS/c1-10(8-12-4-3-7-20-12)18(2)15(19)13-6-5-11(16)9-14(13)17/h3-7,9-10H,8H2,1-2H3. The van der Waals surface area contributed by atoms with Gasteiger partial charge in [-0.05, 0) is 36.6 Å². The van der Waals surface area contributed by atoms with Crippen molar-refractivity contribution in [2.24, 2.45) is 0 Å². The van der Waals surface area contributed by atoms with Crippen LogP contribution in [0.4, 0.5) is 4.39 Å². The minimum Gasteiger partial charge on any atom is -0.339 e. The predicted molar refractivity (Wildman–Crippen MR) is 83.7 cm³/mol. The highest BCUT2D eigenvalue weighted by Crippen LogP contribution is 2.19. The van der Waals surface area contributed by atoms with Gasteiger partial charge in [0.15, 0.2) is 0 Å². The maximum absolute atomic E-state index is 13.8. The Balaban J connectivity index is 2.11. The number of benzene rings is 1. The first-order chi connectivity index (χ1) is 9.49. The van der Waals surface area contributed by atoms with Crippen molar-refractivity contribution in [3.05, 3.63) is 56.4 Å². The lowest BCUT2D eigenvalue weighted by Gasteiger charge is -2.25. The molecular weight excluding hydrogens is 341 g/mol. The lowest BCUT2D eigenvalue weighted by molar-refractivity contribution is 0.0739. The molecule has 1 unspecified atom stereocenters. The number of carbonyl (C=O) groups excluding carboxylic acids is 1. The molecule has 1 heterocycles. The number of halogens is 2. The van der Waals surface area contributed by atoms with Gasteiger partial charge in [-0.25, -0.2) is 4.39 Å². The fourth-order valence-electron chi connectivity index (χ4n) is 1.91. The number of thiophene rings is 1. The van der Waals surface area contributed by atoms with Crippen molar-refractivity contribution in [2.45, 2.75) is 19.4 Å². The van der Waals surface area contributed by atoms with Crippen molar-refractivity contribution in [1.82, 2.24) is 4.90 Å². The second-order valence-corrected chi connectivity index (χ2v) is 6.62. The SMILES string of the molecule is CC(Cc1cccs1)N(C)C(=O)c1ccc(Br)cc1F. The Morgan fingerprint density at radius 2 is 2.20 bits per heavy atom. The average molecular weight is 356 g/mol. The van der Waals surface area contributed by atoms with Crippen molar-refractivity contribution in [2.75, 3.05) is 7.05 Å². The zero-order valence-electron chi connectivity index (χ0n) is 11.3. The molecule has 0 radical (unpaired) electrons. The molecule has 1 atom stereocenters. The van der Waals surface area contributed by atoms with Crippen LogP contribution >= 0.6 is 27.3 Å². The predicted octanol–water partition coefficient (Wildman–Crippen LogP) is 4.35. The number of hydrogen-bond acceptors (Lipinski definition) is 2. The Hall–Kier alpha value is -1.20. The molecule has 20 heavy (non-hydrogen) atoms. The summed E-state index contributed by atoms with van der Waals surface area (Å²) in [6.45, 7) is 1.97. The number of carbonyl (C=O) groups is 1. The molecule has 1 amide bonds. The van der Waals surface area contributed by atoms with Crippen LogP contribution in [-0.4, -0.2) is 23.9 Å². The molecule has 106 valence electrons. The van der Waals surface area contributed by atoms with Crippen LogP contribution in [0.15, 0.2) is 40.2 Å². The molecule has 2 nitrogen and oxygen atoms in total. The van der Waals surface area contributed by atoms with Crippen LogP contribution in [0.1, 0.15) is 22.2 Å². The molecule has 0 bridgehead atoms. The van der Waals surface area contributed by atoms with Crippen LogP contribution < -0.4 is 0 Å². The second-order valence-electron chi connectivity index (χ2n) is 4.67. The van der Waals surface area contributed by atoms with Crippen molar-refractivity contribution < 1.29 is 9.18 Å². The van der Waals surface area contributed by atoms with Crippen LogP contribution in [0.25, 0.3) is 0 Å². The molecule has 2 aromatic rings. The normalized spacial score (nSPS) is 12.2. The molecule has 0 fully saturated rings. The summed E-state index contributed by atoms with van der Waals surface area (Å²) in [5, 5.41) is 2.01. The molecule has 1 aromatic carbocycles. The molecule has 0 aliphatic heterocycles. The molecule has 1 aromatic heterocycles. The number of likely N-dealkylation sites (N-methyl/N-ethyl adjacent to an activating group) is 1. The van der Waals surface area contributed by atoms with E-state index in [1.807, 2.05) is 24.4 Å². The lowest BCUT2D eigenvalue weighted by atomic mass is 10.1. The van der Waals surface area contributed by atoms with Gasteiger partial charge >= 0.3 is 0 Å². The molecule has 0 N–H and O–H groups in total. The van der Waals surface area contributed by atoms with Gasteiger partial charge in [-0.3, -0.25) is 4.79 Å². The smallest absolute Gasteiger partial charge is 0.256 e. The number of amides is 1. The molecule has 0 aliphatic rings. The number of rotatable bonds is 4. The highest BCUT2D eigenvalue weighted by molar-refractivity contribution is 9.10. The fourth-order valence-corrected chi connectivity index (χ4v) is 3.07. The first-order valence-electron chi connectivity index (χ1n) is 6.23. The number of nitrogens with zero attached hydrogens (tertiary/aromatic N) is 1. The van der Waals surface area contributed by atoms with Crippen LogP contribution in [0.5, 0.6) is 0 Å². The van der Waals surface area contributed by atoms with Crippen LogP contribution in [0.3, 0.4) is 0 Å². The Kier molecular flexibility index (Phi) is 4.94. The number of hydrogen-bond donors (Lipinski definition) is 0. The maximum atomic E-state index is 13.8. The third-order valence-electron chi connectivity index (χ3n) is 3.22. The van der Waals surface area contributed by atoms with E-state index in [1.54, 1.807) is 29.4 Å². The van der Waals surface area contributed by atoms with Crippen LogP contribution in [-0.2, 0) is 6.42 Å². The van der Waals surface area contributed by atoms with E-state index in [4.69, 9.17) is 0 Å².